The van der Waals surface area contributed by atoms with Crippen LogP contribution in [-0.4, -0.2) is 67.8 Å². The third kappa shape index (κ3) is 2.81. The predicted molar refractivity (Wildman–Crippen MR) is 70.1 cm³/mol. The molecule has 2 aliphatic rings. The zero-order chi connectivity index (χ0) is 12.3. The molecule has 2 unspecified atom stereocenters. The van der Waals surface area contributed by atoms with E-state index in [1.165, 1.54) is 6.42 Å². The summed E-state index contributed by atoms with van der Waals surface area (Å²) in [5, 5.41) is 0. The minimum absolute atomic E-state index is 0.192. The van der Waals surface area contributed by atoms with Crippen molar-refractivity contribution in [1.29, 1.82) is 0 Å². The maximum atomic E-state index is 6.12. The van der Waals surface area contributed by atoms with Gasteiger partial charge in [-0.25, -0.2) is 0 Å². The van der Waals surface area contributed by atoms with Crippen LogP contribution in [0.5, 0.6) is 0 Å². The van der Waals surface area contributed by atoms with Crippen molar-refractivity contribution in [2.45, 2.75) is 37.8 Å². The lowest BCUT2D eigenvalue weighted by Gasteiger charge is -2.50. The van der Waals surface area contributed by atoms with Crippen molar-refractivity contribution in [3.8, 4) is 0 Å². The van der Waals surface area contributed by atoms with Crippen LogP contribution >= 0.6 is 0 Å². The van der Waals surface area contributed by atoms with E-state index in [9.17, 15) is 0 Å². The Kier molecular flexibility index (Phi) is 4.42. The maximum absolute atomic E-state index is 6.12. The smallest absolute Gasteiger partial charge is 0.0484 e. The molecule has 0 bridgehead atoms. The Morgan fingerprint density at radius 1 is 1.29 bits per heavy atom. The molecule has 0 aromatic carbocycles. The number of rotatable bonds is 2. The fraction of sp³-hybridized carbons (Fsp3) is 1.00. The summed E-state index contributed by atoms with van der Waals surface area (Å²) in [5.41, 5.74) is 6.32. The molecule has 2 rings (SSSR count). The van der Waals surface area contributed by atoms with E-state index in [0.717, 1.165) is 52.2 Å². The van der Waals surface area contributed by atoms with Gasteiger partial charge in [-0.15, -0.1) is 0 Å². The van der Waals surface area contributed by atoms with Crippen LogP contribution < -0.4 is 5.73 Å². The second-order valence-corrected chi connectivity index (χ2v) is 5.70. The van der Waals surface area contributed by atoms with Crippen molar-refractivity contribution < 1.29 is 4.74 Å². The monoisotopic (exact) mass is 241 g/mol. The molecule has 2 fully saturated rings. The molecule has 0 saturated carbocycles. The van der Waals surface area contributed by atoms with Crippen molar-refractivity contribution in [3.63, 3.8) is 0 Å². The highest BCUT2D eigenvalue weighted by Crippen LogP contribution is 2.30. The van der Waals surface area contributed by atoms with E-state index in [1.54, 1.807) is 0 Å². The topological polar surface area (TPSA) is 41.7 Å². The number of hydrogen-bond donors (Lipinski definition) is 1. The molecule has 2 atom stereocenters. The largest absolute Gasteiger partial charge is 0.381 e. The van der Waals surface area contributed by atoms with Crippen molar-refractivity contribution >= 4 is 0 Å². The molecular weight excluding hydrogens is 214 g/mol. The van der Waals surface area contributed by atoms with Gasteiger partial charge in [0.25, 0.3) is 0 Å². The molecule has 100 valence electrons. The van der Waals surface area contributed by atoms with Gasteiger partial charge in [0.05, 0.1) is 0 Å². The SMILES string of the molecule is CC1CN(C)CCN1C1(CN)CCCOCC1. The van der Waals surface area contributed by atoms with Gasteiger partial charge in [-0.1, -0.05) is 0 Å². The van der Waals surface area contributed by atoms with Crippen LogP contribution in [0.15, 0.2) is 0 Å². The molecule has 2 heterocycles. The van der Waals surface area contributed by atoms with E-state index in [0.29, 0.717) is 6.04 Å². The van der Waals surface area contributed by atoms with Crippen molar-refractivity contribution in [1.82, 2.24) is 9.80 Å². The Morgan fingerprint density at radius 2 is 2.12 bits per heavy atom. The molecule has 0 amide bonds. The van der Waals surface area contributed by atoms with E-state index in [4.69, 9.17) is 10.5 Å². The summed E-state index contributed by atoms with van der Waals surface area (Å²) in [7, 11) is 2.21. The van der Waals surface area contributed by atoms with Crippen molar-refractivity contribution in [2.24, 2.45) is 5.73 Å². The summed E-state index contributed by atoms with van der Waals surface area (Å²) in [6.45, 7) is 8.34. The van der Waals surface area contributed by atoms with Gasteiger partial charge in [-0.3, -0.25) is 4.90 Å². The molecule has 17 heavy (non-hydrogen) atoms. The Labute approximate surface area is 105 Å². The fourth-order valence-electron chi connectivity index (χ4n) is 3.45. The highest BCUT2D eigenvalue weighted by Gasteiger charge is 2.40. The summed E-state index contributed by atoms with van der Waals surface area (Å²) in [6.07, 6.45) is 3.44. The second kappa shape index (κ2) is 5.65. The normalized spacial score (nSPS) is 37.9. The first-order chi connectivity index (χ1) is 8.18. The number of likely N-dealkylation sites (N-methyl/N-ethyl adjacent to an activating group) is 1. The van der Waals surface area contributed by atoms with E-state index >= 15 is 0 Å². The Bertz CT molecular complexity index is 239. The highest BCUT2D eigenvalue weighted by molar-refractivity contribution is 4.97. The van der Waals surface area contributed by atoms with Gasteiger partial charge in [0.2, 0.25) is 0 Å². The van der Waals surface area contributed by atoms with E-state index in [-0.39, 0.29) is 5.54 Å². The quantitative estimate of drug-likeness (QED) is 0.765. The van der Waals surface area contributed by atoms with Crippen LogP contribution in [0.3, 0.4) is 0 Å². The van der Waals surface area contributed by atoms with E-state index in [2.05, 4.69) is 23.8 Å². The Hall–Kier alpha value is -0.160. The second-order valence-electron chi connectivity index (χ2n) is 5.70. The molecular formula is C13H27N3O. The zero-order valence-electron chi connectivity index (χ0n) is 11.3. The lowest BCUT2D eigenvalue weighted by Crippen LogP contribution is -2.63. The van der Waals surface area contributed by atoms with Crippen LogP contribution in [0, 0.1) is 0 Å². The lowest BCUT2D eigenvalue weighted by atomic mass is 9.86. The molecule has 0 radical (unpaired) electrons. The summed E-state index contributed by atoms with van der Waals surface area (Å²) >= 11 is 0. The minimum atomic E-state index is 0.192. The van der Waals surface area contributed by atoms with Crippen LogP contribution in [0.4, 0.5) is 0 Å². The first-order valence-corrected chi connectivity index (χ1v) is 6.91. The van der Waals surface area contributed by atoms with Crippen LogP contribution in [0.25, 0.3) is 0 Å². The lowest BCUT2D eigenvalue weighted by molar-refractivity contribution is -0.00838. The number of nitrogens with two attached hydrogens (primary N) is 1. The van der Waals surface area contributed by atoms with Crippen molar-refractivity contribution in [3.05, 3.63) is 0 Å². The van der Waals surface area contributed by atoms with E-state index in [1.807, 2.05) is 0 Å². The van der Waals surface area contributed by atoms with Gasteiger partial charge in [0.1, 0.15) is 0 Å². The predicted octanol–water partition coefficient (Wildman–Crippen LogP) is 0.520. The minimum Gasteiger partial charge on any atom is -0.381 e. The van der Waals surface area contributed by atoms with Crippen LogP contribution in [-0.2, 0) is 4.74 Å². The molecule has 0 aromatic rings. The Balaban J connectivity index is 2.10. The number of hydrogen-bond acceptors (Lipinski definition) is 4. The van der Waals surface area contributed by atoms with Crippen molar-refractivity contribution in [2.75, 3.05) is 46.4 Å². The molecule has 4 nitrogen and oxygen atoms in total. The maximum Gasteiger partial charge on any atom is 0.0484 e. The van der Waals surface area contributed by atoms with Gasteiger partial charge < -0.3 is 15.4 Å². The first-order valence-electron chi connectivity index (χ1n) is 6.91. The van der Waals surface area contributed by atoms with Crippen LogP contribution in [0.2, 0.25) is 0 Å². The van der Waals surface area contributed by atoms with Gasteiger partial charge in [-0.05, 0) is 33.2 Å². The molecule has 2 aliphatic heterocycles. The number of piperazine rings is 1. The van der Waals surface area contributed by atoms with Crippen LogP contribution in [0.1, 0.15) is 26.2 Å². The average molecular weight is 241 g/mol. The van der Waals surface area contributed by atoms with Gasteiger partial charge in [-0.2, -0.15) is 0 Å². The summed E-state index contributed by atoms with van der Waals surface area (Å²) < 4.78 is 5.61. The molecule has 0 aliphatic carbocycles. The standard InChI is InChI=1S/C13H27N3O/c1-12-10-15(2)6-7-16(12)13(11-14)4-3-8-17-9-5-13/h12H,3-11,14H2,1-2H3. The van der Waals surface area contributed by atoms with Gasteiger partial charge >= 0.3 is 0 Å². The summed E-state index contributed by atoms with van der Waals surface area (Å²) in [4.78, 5) is 5.07. The number of nitrogens with zero attached hydrogens (tertiary/aromatic N) is 2. The third-order valence-electron chi connectivity index (χ3n) is 4.46. The molecule has 2 N–H and O–H groups in total. The molecule has 2 saturated heterocycles. The summed E-state index contributed by atoms with van der Waals surface area (Å²) in [5.74, 6) is 0. The zero-order valence-corrected chi connectivity index (χ0v) is 11.3. The molecule has 0 spiro atoms. The first kappa shape index (κ1) is 13.3. The van der Waals surface area contributed by atoms with Gasteiger partial charge in [0, 0.05) is 51.0 Å². The van der Waals surface area contributed by atoms with Gasteiger partial charge in [0.15, 0.2) is 0 Å². The fourth-order valence-corrected chi connectivity index (χ4v) is 3.45. The number of ether oxygens (including phenoxy) is 1. The third-order valence-corrected chi connectivity index (χ3v) is 4.46. The summed E-state index contributed by atoms with van der Waals surface area (Å²) in [6, 6.07) is 0.607. The molecule has 4 heteroatoms. The average Bonchev–Trinajstić information content (AvgIpc) is 2.55. The highest BCUT2D eigenvalue weighted by atomic mass is 16.5. The van der Waals surface area contributed by atoms with E-state index < -0.39 is 0 Å². The Morgan fingerprint density at radius 3 is 2.82 bits per heavy atom. The molecule has 0 aromatic heterocycles.